The van der Waals surface area contributed by atoms with Gasteiger partial charge in [-0.1, -0.05) is 12.1 Å². The highest BCUT2D eigenvalue weighted by molar-refractivity contribution is 5.09. The van der Waals surface area contributed by atoms with Crippen LogP contribution >= 0.6 is 0 Å². The lowest BCUT2D eigenvalue weighted by Gasteiger charge is -2.31. The lowest BCUT2D eigenvalue weighted by molar-refractivity contribution is -0.0951. The fourth-order valence-corrected chi connectivity index (χ4v) is 1.98. The van der Waals surface area contributed by atoms with Crippen molar-refractivity contribution in [1.82, 2.24) is 15.0 Å². The highest BCUT2D eigenvalue weighted by Crippen LogP contribution is 2.29. The summed E-state index contributed by atoms with van der Waals surface area (Å²) in [6.07, 6.45) is 4.23. The first kappa shape index (κ1) is 10.6. The van der Waals surface area contributed by atoms with Crippen molar-refractivity contribution in [2.45, 2.75) is 38.3 Å². The van der Waals surface area contributed by atoms with Gasteiger partial charge in [0.2, 0.25) is 0 Å². The summed E-state index contributed by atoms with van der Waals surface area (Å²) in [5.41, 5.74) is -0.110. The van der Waals surface area contributed by atoms with E-state index in [1.54, 1.807) is 10.9 Å². The largest absolute Gasteiger partial charge is 0.381 e. The number of aliphatic hydroxyl groups is 1. The van der Waals surface area contributed by atoms with Gasteiger partial charge in [0.15, 0.2) is 0 Å². The summed E-state index contributed by atoms with van der Waals surface area (Å²) in [6, 6.07) is 0. The van der Waals surface area contributed by atoms with Gasteiger partial charge < -0.3 is 9.84 Å². The molecule has 1 aromatic rings. The fourth-order valence-electron chi connectivity index (χ4n) is 1.98. The number of ether oxygens (including phenoxy) is 1. The minimum absolute atomic E-state index is 0.351. The molecule has 0 bridgehead atoms. The molecule has 5 heteroatoms. The molecule has 2 heterocycles. The quantitative estimate of drug-likeness (QED) is 0.799. The standard InChI is InChI=1S/C10H17N3O2/c1-2-5-13-9(7-11-12-13)10(14)4-3-6-15-8-10/h7,14H,2-6,8H2,1H3. The second kappa shape index (κ2) is 4.28. The third-order valence-electron chi connectivity index (χ3n) is 2.75. The first-order valence-corrected chi connectivity index (χ1v) is 5.45. The maximum absolute atomic E-state index is 10.4. The number of rotatable bonds is 3. The number of aryl methyl sites for hydroxylation is 1. The van der Waals surface area contributed by atoms with Gasteiger partial charge in [-0.15, -0.1) is 5.10 Å². The first-order valence-electron chi connectivity index (χ1n) is 5.45. The van der Waals surface area contributed by atoms with Crippen LogP contribution < -0.4 is 0 Å². The van der Waals surface area contributed by atoms with Gasteiger partial charge in [-0.05, 0) is 19.3 Å². The molecule has 1 aliphatic rings. The van der Waals surface area contributed by atoms with Gasteiger partial charge in [0.05, 0.1) is 18.5 Å². The van der Waals surface area contributed by atoms with E-state index in [-0.39, 0.29) is 0 Å². The average molecular weight is 211 g/mol. The van der Waals surface area contributed by atoms with Crippen LogP contribution in [-0.2, 0) is 16.9 Å². The van der Waals surface area contributed by atoms with E-state index in [1.165, 1.54) is 0 Å². The molecule has 1 atom stereocenters. The van der Waals surface area contributed by atoms with E-state index in [0.717, 1.165) is 38.1 Å². The van der Waals surface area contributed by atoms with Gasteiger partial charge in [0.1, 0.15) is 5.60 Å². The Labute approximate surface area is 89.0 Å². The van der Waals surface area contributed by atoms with Crippen molar-refractivity contribution >= 4 is 0 Å². The second-order valence-corrected chi connectivity index (χ2v) is 4.03. The Hall–Kier alpha value is -0.940. The molecule has 0 aliphatic carbocycles. The van der Waals surface area contributed by atoms with E-state index < -0.39 is 5.60 Å². The van der Waals surface area contributed by atoms with Gasteiger partial charge in [0, 0.05) is 13.2 Å². The zero-order valence-corrected chi connectivity index (χ0v) is 9.02. The lowest BCUT2D eigenvalue weighted by Crippen LogP contribution is -2.38. The van der Waals surface area contributed by atoms with Crippen LogP contribution in [0.5, 0.6) is 0 Å². The summed E-state index contributed by atoms with van der Waals surface area (Å²) in [5.74, 6) is 0. The molecule has 0 amide bonds. The molecule has 0 radical (unpaired) electrons. The molecule has 1 unspecified atom stereocenters. The summed E-state index contributed by atoms with van der Waals surface area (Å²) in [7, 11) is 0. The second-order valence-electron chi connectivity index (χ2n) is 4.03. The highest BCUT2D eigenvalue weighted by atomic mass is 16.5. The summed E-state index contributed by atoms with van der Waals surface area (Å²) in [6.45, 7) is 3.95. The number of aromatic nitrogens is 3. The molecule has 0 spiro atoms. The third kappa shape index (κ3) is 2.03. The first-order chi connectivity index (χ1) is 7.26. The highest BCUT2D eigenvalue weighted by Gasteiger charge is 2.35. The summed E-state index contributed by atoms with van der Waals surface area (Å²) >= 11 is 0. The Morgan fingerprint density at radius 2 is 2.53 bits per heavy atom. The molecular formula is C10H17N3O2. The van der Waals surface area contributed by atoms with Crippen LogP contribution in [0.1, 0.15) is 31.9 Å². The molecule has 84 valence electrons. The Bertz CT molecular complexity index is 318. The molecule has 1 N–H and O–H groups in total. The lowest BCUT2D eigenvalue weighted by atomic mass is 9.93. The fraction of sp³-hybridized carbons (Fsp3) is 0.800. The topological polar surface area (TPSA) is 60.2 Å². The number of hydrogen-bond donors (Lipinski definition) is 1. The van der Waals surface area contributed by atoms with Crippen molar-refractivity contribution < 1.29 is 9.84 Å². The van der Waals surface area contributed by atoms with Crippen molar-refractivity contribution in [3.05, 3.63) is 11.9 Å². The zero-order valence-electron chi connectivity index (χ0n) is 9.02. The Balaban J connectivity index is 2.22. The van der Waals surface area contributed by atoms with Crippen LogP contribution in [0, 0.1) is 0 Å². The van der Waals surface area contributed by atoms with Gasteiger partial charge in [-0.2, -0.15) is 0 Å². The molecule has 2 rings (SSSR count). The Morgan fingerprint density at radius 3 is 3.20 bits per heavy atom. The van der Waals surface area contributed by atoms with Gasteiger partial charge in [0.25, 0.3) is 0 Å². The molecule has 5 nitrogen and oxygen atoms in total. The summed E-state index contributed by atoms with van der Waals surface area (Å²) < 4.78 is 7.10. The molecule has 0 aromatic carbocycles. The van der Waals surface area contributed by atoms with Crippen molar-refractivity contribution in [3.8, 4) is 0 Å². The van der Waals surface area contributed by atoms with Crippen LogP contribution in [0.3, 0.4) is 0 Å². The molecule has 0 saturated carbocycles. The SMILES string of the molecule is CCCn1nncc1C1(O)CCCOC1. The van der Waals surface area contributed by atoms with Crippen LogP contribution in [0.15, 0.2) is 6.20 Å². The van der Waals surface area contributed by atoms with E-state index in [4.69, 9.17) is 4.74 Å². The third-order valence-corrected chi connectivity index (χ3v) is 2.75. The molecule has 1 saturated heterocycles. The van der Waals surface area contributed by atoms with Crippen LogP contribution in [0.4, 0.5) is 0 Å². The van der Waals surface area contributed by atoms with Gasteiger partial charge in [-0.25, -0.2) is 4.68 Å². The predicted molar refractivity (Wildman–Crippen MR) is 54.3 cm³/mol. The van der Waals surface area contributed by atoms with Gasteiger partial charge in [-0.3, -0.25) is 0 Å². The van der Waals surface area contributed by atoms with Crippen LogP contribution in [0.2, 0.25) is 0 Å². The molecule has 1 aliphatic heterocycles. The summed E-state index contributed by atoms with van der Waals surface area (Å²) in [4.78, 5) is 0. The minimum atomic E-state index is -0.892. The van der Waals surface area contributed by atoms with Crippen molar-refractivity contribution in [2.24, 2.45) is 0 Å². The Morgan fingerprint density at radius 1 is 1.67 bits per heavy atom. The smallest absolute Gasteiger partial charge is 0.131 e. The van der Waals surface area contributed by atoms with Crippen LogP contribution in [-0.4, -0.2) is 33.3 Å². The molecule has 1 aromatic heterocycles. The zero-order chi connectivity index (χ0) is 10.7. The van der Waals surface area contributed by atoms with E-state index in [0.29, 0.717) is 6.61 Å². The maximum atomic E-state index is 10.4. The van der Waals surface area contributed by atoms with E-state index >= 15 is 0 Å². The number of hydrogen-bond acceptors (Lipinski definition) is 4. The average Bonchev–Trinajstić information content (AvgIpc) is 2.68. The number of nitrogens with zero attached hydrogens (tertiary/aromatic N) is 3. The normalized spacial score (nSPS) is 26.8. The Kier molecular flexibility index (Phi) is 3.02. The minimum Gasteiger partial charge on any atom is -0.381 e. The maximum Gasteiger partial charge on any atom is 0.131 e. The van der Waals surface area contributed by atoms with Crippen molar-refractivity contribution in [2.75, 3.05) is 13.2 Å². The van der Waals surface area contributed by atoms with E-state index in [9.17, 15) is 5.11 Å². The van der Waals surface area contributed by atoms with Gasteiger partial charge >= 0.3 is 0 Å². The van der Waals surface area contributed by atoms with E-state index in [2.05, 4.69) is 17.2 Å². The predicted octanol–water partition coefficient (Wildman–Crippen LogP) is 0.686. The monoisotopic (exact) mass is 211 g/mol. The molecule has 15 heavy (non-hydrogen) atoms. The van der Waals surface area contributed by atoms with Crippen LogP contribution in [0.25, 0.3) is 0 Å². The van der Waals surface area contributed by atoms with Crippen molar-refractivity contribution in [1.29, 1.82) is 0 Å². The molecule has 1 fully saturated rings. The van der Waals surface area contributed by atoms with Crippen molar-refractivity contribution in [3.63, 3.8) is 0 Å². The molecular weight excluding hydrogens is 194 g/mol. The van der Waals surface area contributed by atoms with E-state index in [1.807, 2.05) is 0 Å². The summed E-state index contributed by atoms with van der Waals surface area (Å²) in [5, 5.41) is 18.2.